The highest BCUT2D eigenvalue weighted by Gasteiger charge is 2.25. The molecular formula is C24H29N3O. The van der Waals surface area contributed by atoms with Gasteiger partial charge in [0.05, 0.1) is 0 Å². The Balaban J connectivity index is 1.31. The lowest BCUT2D eigenvalue weighted by molar-refractivity contribution is 0.0897. The molecule has 3 aromatic rings. The minimum absolute atomic E-state index is 0.00240. The smallest absolute Gasteiger partial charge is 0.256 e. The molecule has 2 aliphatic rings. The maximum atomic E-state index is 12.4. The Hall–Kier alpha value is -2.17. The van der Waals surface area contributed by atoms with E-state index >= 15 is 0 Å². The van der Waals surface area contributed by atoms with Crippen molar-refractivity contribution in [3.63, 3.8) is 0 Å². The average molecular weight is 376 g/mol. The third-order valence-corrected chi connectivity index (χ3v) is 6.66. The van der Waals surface area contributed by atoms with E-state index < -0.39 is 0 Å². The van der Waals surface area contributed by atoms with Crippen molar-refractivity contribution in [1.29, 1.82) is 0 Å². The lowest BCUT2D eigenvalue weighted by Crippen LogP contribution is -2.46. The van der Waals surface area contributed by atoms with E-state index in [1.54, 1.807) is 0 Å². The van der Waals surface area contributed by atoms with E-state index in [1.807, 2.05) is 24.3 Å². The van der Waals surface area contributed by atoms with E-state index in [0.717, 1.165) is 34.3 Å². The molecule has 0 bridgehead atoms. The number of benzene rings is 2. The molecule has 3 heterocycles. The fourth-order valence-electron chi connectivity index (χ4n) is 5.12. The Morgan fingerprint density at radius 1 is 0.857 bits per heavy atom. The fourth-order valence-corrected chi connectivity index (χ4v) is 5.12. The van der Waals surface area contributed by atoms with Gasteiger partial charge in [-0.15, -0.1) is 0 Å². The molecule has 0 atom stereocenters. The van der Waals surface area contributed by atoms with Gasteiger partial charge in [0.2, 0.25) is 0 Å². The summed E-state index contributed by atoms with van der Waals surface area (Å²) in [7, 11) is 0. The summed E-state index contributed by atoms with van der Waals surface area (Å²) in [5.74, 6) is 0. The molecule has 1 aromatic heterocycles. The van der Waals surface area contributed by atoms with Gasteiger partial charge in [-0.1, -0.05) is 36.8 Å². The molecule has 0 unspecified atom stereocenters. The molecule has 0 amide bonds. The molecule has 2 aliphatic heterocycles. The molecule has 2 fully saturated rings. The highest BCUT2D eigenvalue weighted by Crippen LogP contribution is 2.25. The van der Waals surface area contributed by atoms with E-state index in [-0.39, 0.29) is 5.56 Å². The van der Waals surface area contributed by atoms with Crippen molar-refractivity contribution in [2.24, 2.45) is 0 Å². The molecule has 5 rings (SSSR count). The third kappa shape index (κ3) is 3.47. The third-order valence-electron chi connectivity index (χ3n) is 6.66. The number of aromatic amines is 1. The maximum Gasteiger partial charge on any atom is 0.256 e. The summed E-state index contributed by atoms with van der Waals surface area (Å²) in [6.07, 6.45) is 6.74. The highest BCUT2D eigenvalue weighted by atomic mass is 16.1. The van der Waals surface area contributed by atoms with Crippen LogP contribution in [-0.2, 0) is 6.54 Å². The van der Waals surface area contributed by atoms with Crippen LogP contribution < -0.4 is 5.56 Å². The molecule has 1 N–H and O–H groups in total. The van der Waals surface area contributed by atoms with E-state index in [1.165, 1.54) is 63.8 Å². The first-order chi connectivity index (χ1) is 13.8. The van der Waals surface area contributed by atoms with Crippen molar-refractivity contribution in [3.8, 4) is 0 Å². The summed E-state index contributed by atoms with van der Waals surface area (Å²) in [4.78, 5) is 20.8. The quantitative estimate of drug-likeness (QED) is 0.700. The number of likely N-dealkylation sites (tertiary alicyclic amines) is 2. The molecule has 2 aromatic carbocycles. The zero-order chi connectivity index (χ0) is 18.9. The molecule has 0 saturated carbocycles. The largest absolute Gasteiger partial charge is 0.321 e. The molecule has 146 valence electrons. The van der Waals surface area contributed by atoms with Gasteiger partial charge in [0.25, 0.3) is 5.56 Å². The number of nitrogens with zero attached hydrogens (tertiary/aromatic N) is 2. The van der Waals surface area contributed by atoms with Crippen LogP contribution in [0.2, 0.25) is 0 Å². The van der Waals surface area contributed by atoms with Crippen molar-refractivity contribution in [3.05, 3.63) is 58.4 Å². The molecule has 0 aliphatic carbocycles. The molecule has 0 radical (unpaired) electrons. The van der Waals surface area contributed by atoms with Crippen molar-refractivity contribution in [2.45, 2.75) is 44.7 Å². The predicted octanol–water partition coefficient (Wildman–Crippen LogP) is 4.13. The Kier molecular flexibility index (Phi) is 4.91. The number of fused-ring (bicyclic) bond motifs is 3. The van der Waals surface area contributed by atoms with Crippen LogP contribution in [0.1, 0.15) is 37.7 Å². The van der Waals surface area contributed by atoms with Crippen LogP contribution in [0.5, 0.6) is 0 Å². The normalized spacial score (nSPS) is 20.1. The predicted molar refractivity (Wildman–Crippen MR) is 116 cm³/mol. The van der Waals surface area contributed by atoms with Gasteiger partial charge in [0, 0.05) is 28.9 Å². The summed E-state index contributed by atoms with van der Waals surface area (Å²) in [6, 6.07) is 15.2. The molecule has 4 nitrogen and oxygen atoms in total. The van der Waals surface area contributed by atoms with Gasteiger partial charge in [-0.05, 0) is 74.9 Å². The Morgan fingerprint density at radius 3 is 2.39 bits per heavy atom. The summed E-state index contributed by atoms with van der Waals surface area (Å²) >= 11 is 0. The summed E-state index contributed by atoms with van der Waals surface area (Å²) in [5, 5.41) is 2.93. The van der Waals surface area contributed by atoms with E-state index in [0.29, 0.717) is 0 Å². The van der Waals surface area contributed by atoms with Crippen LogP contribution in [0, 0.1) is 0 Å². The maximum absolute atomic E-state index is 12.4. The summed E-state index contributed by atoms with van der Waals surface area (Å²) < 4.78 is 0. The minimum Gasteiger partial charge on any atom is -0.321 e. The van der Waals surface area contributed by atoms with Gasteiger partial charge < -0.3 is 9.88 Å². The van der Waals surface area contributed by atoms with Gasteiger partial charge >= 0.3 is 0 Å². The molecule has 28 heavy (non-hydrogen) atoms. The topological polar surface area (TPSA) is 39.3 Å². The van der Waals surface area contributed by atoms with Crippen LogP contribution in [0.4, 0.5) is 0 Å². The zero-order valence-electron chi connectivity index (χ0n) is 16.5. The first-order valence-electron chi connectivity index (χ1n) is 10.8. The number of piperidine rings is 2. The number of hydrogen-bond donors (Lipinski definition) is 1. The average Bonchev–Trinajstić information content (AvgIpc) is 2.75. The van der Waals surface area contributed by atoms with Crippen molar-refractivity contribution in [1.82, 2.24) is 14.8 Å². The molecular weight excluding hydrogens is 346 g/mol. The van der Waals surface area contributed by atoms with Gasteiger partial charge in [0.1, 0.15) is 0 Å². The fraction of sp³-hybridized carbons (Fsp3) is 0.458. The van der Waals surface area contributed by atoms with Crippen LogP contribution in [0.25, 0.3) is 21.7 Å². The van der Waals surface area contributed by atoms with Crippen molar-refractivity contribution in [2.75, 3.05) is 26.2 Å². The lowest BCUT2D eigenvalue weighted by Gasteiger charge is -2.40. The van der Waals surface area contributed by atoms with Gasteiger partial charge in [-0.2, -0.15) is 0 Å². The van der Waals surface area contributed by atoms with Crippen molar-refractivity contribution < 1.29 is 0 Å². The summed E-state index contributed by atoms with van der Waals surface area (Å²) in [6.45, 7) is 5.92. The van der Waals surface area contributed by atoms with Crippen molar-refractivity contribution >= 4 is 21.7 Å². The molecule has 4 heteroatoms. The van der Waals surface area contributed by atoms with E-state index in [9.17, 15) is 4.79 Å². The first-order valence-corrected chi connectivity index (χ1v) is 10.8. The number of H-pyrrole nitrogens is 1. The number of aromatic nitrogens is 1. The number of hydrogen-bond acceptors (Lipinski definition) is 3. The second-order valence-electron chi connectivity index (χ2n) is 8.48. The van der Waals surface area contributed by atoms with Crippen LogP contribution in [0.3, 0.4) is 0 Å². The number of pyridine rings is 1. The molecule has 0 spiro atoms. The number of rotatable bonds is 3. The van der Waals surface area contributed by atoms with Gasteiger partial charge in [0.15, 0.2) is 0 Å². The van der Waals surface area contributed by atoms with Crippen LogP contribution >= 0.6 is 0 Å². The van der Waals surface area contributed by atoms with Crippen LogP contribution in [-0.4, -0.2) is 47.0 Å². The summed E-state index contributed by atoms with van der Waals surface area (Å²) in [5.41, 5.74) is 2.24. The zero-order valence-corrected chi connectivity index (χ0v) is 16.5. The standard InChI is InChI=1S/C24H29N3O/c28-24-22-7-3-2-6-20(22)21-9-8-18(16-23(21)25-24)17-26-14-10-19(11-15-26)27-12-4-1-5-13-27/h2-3,6-9,16,19H,1,4-5,10-15,17H2,(H,25,28). The number of nitrogens with one attached hydrogen (secondary N) is 1. The monoisotopic (exact) mass is 375 g/mol. The minimum atomic E-state index is 0.00240. The Morgan fingerprint density at radius 2 is 1.61 bits per heavy atom. The Labute approximate surface area is 166 Å². The first kappa shape index (κ1) is 17.9. The Bertz CT molecular complexity index is 1030. The highest BCUT2D eigenvalue weighted by molar-refractivity contribution is 6.05. The molecule has 2 saturated heterocycles. The van der Waals surface area contributed by atoms with Gasteiger partial charge in [-0.25, -0.2) is 0 Å². The second kappa shape index (κ2) is 7.69. The lowest BCUT2D eigenvalue weighted by atomic mass is 9.99. The van der Waals surface area contributed by atoms with E-state index in [2.05, 4.69) is 33.0 Å². The van der Waals surface area contributed by atoms with Gasteiger partial charge in [-0.3, -0.25) is 9.69 Å². The SMILES string of the molecule is O=c1[nH]c2cc(CN3CCC(N4CCCCC4)CC3)ccc2c2ccccc12. The van der Waals surface area contributed by atoms with Crippen LogP contribution in [0.15, 0.2) is 47.3 Å². The second-order valence-corrected chi connectivity index (χ2v) is 8.48. The van der Waals surface area contributed by atoms with E-state index in [4.69, 9.17) is 0 Å².